The van der Waals surface area contributed by atoms with E-state index in [-0.39, 0.29) is 10.8 Å². The Labute approximate surface area is 193 Å². The number of alkyl halides is 3. The van der Waals surface area contributed by atoms with Gasteiger partial charge in [0, 0.05) is 37.4 Å². The largest absolute Gasteiger partial charge is 0.417 e. The Hall–Kier alpha value is -1.67. The van der Waals surface area contributed by atoms with Gasteiger partial charge in [-0.05, 0) is 52.3 Å². The zero-order valence-electron chi connectivity index (χ0n) is 15.1. The molecule has 2 aromatic heterocycles. The average molecular weight is 532 g/mol. The van der Waals surface area contributed by atoms with Crippen molar-refractivity contribution >= 4 is 61.8 Å². The molecule has 154 valence electrons. The fourth-order valence-electron chi connectivity index (χ4n) is 3.06. The molecule has 0 aliphatic rings. The normalized spacial score (nSPS) is 11.9. The molecule has 2 heterocycles. The fourth-order valence-corrected chi connectivity index (χ4v) is 5.18. The van der Waals surface area contributed by atoms with Crippen molar-refractivity contribution in [3.8, 4) is 5.82 Å². The van der Waals surface area contributed by atoms with Crippen molar-refractivity contribution < 1.29 is 13.2 Å². The van der Waals surface area contributed by atoms with Gasteiger partial charge in [-0.1, -0.05) is 41.4 Å². The molecule has 0 N–H and O–H groups in total. The summed E-state index contributed by atoms with van der Waals surface area (Å²) in [5.74, 6) is 0.786. The molecular weight excluding hydrogens is 520 g/mol. The lowest BCUT2D eigenvalue weighted by molar-refractivity contribution is -0.137. The lowest BCUT2D eigenvalue weighted by Gasteiger charge is -2.14. The highest BCUT2D eigenvalue weighted by Gasteiger charge is 2.32. The van der Waals surface area contributed by atoms with Crippen LogP contribution < -0.4 is 0 Å². The van der Waals surface area contributed by atoms with E-state index in [1.165, 1.54) is 0 Å². The highest BCUT2D eigenvalue weighted by Crippen LogP contribution is 2.39. The quantitative estimate of drug-likeness (QED) is 0.246. The van der Waals surface area contributed by atoms with Crippen LogP contribution in [0.25, 0.3) is 16.7 Å². The molecule has 0 amide bonds. The van der Waals surface area contributed by atoms with Crippen LogP contribution in [0.1, 0.15) is 11.3 Å². The zero-order chi connectivity index (χ0) is 21.5. The molecule has 0 bridgehead atoms. The summed E-state index contributed by atoms with van der Waals surface area (Å²) in [5.41, 5.74) is 0.749. The van der Waals surface area contributed by atoms with Gasteiger partial charge in [0.25, 0.3) is 0 Å². The second kappa shape index (κ2) is 8.46. The van der Waals surface area contributed by atoms with Gasteiger partial charge in [-0.25, -0.2) is 4.98 Å². The third-order valence-electron chi connectivity index (χ3n) is 4.45. The zero-order valence-corrected chi connectivity index (χ0v) is 19.0. The van der Waals surface area contributed by atoms with E-state index in [2.05, 4.69) is 20.9 Å². The topological polar surface area (TPSA) is 17.8 Å². The summed E-state index contributed by atoms with van der Waals surface area (Å²) < 4.78 is 41.8. The van der Waals surface area contributed by atoms with Gasteiger partial charge in [0.2, 0.25) is 0 Å². The number of para-hydroxylation sites is 1. The highest BCUT2D eigenvalue weighted by atomic mass is 79.9. The van der Waals surface area contributed by atoms with Crippen LogP contribution in [0.15, 0.2) is 70.2 Å². The number of aromatic nitrogens is 2. The molecule has 0 spiro atoms. The van der Waals surface area contributed by atoms with E-state index < -0.39 is 11.7 Å². The summed E-state index contributed by atoms with van der Waals surface area (Å²) >= 11 is 17.4. The highest BCUT2D eigenvalue weighted by molar-refractivity contribution is 9.10. The van der Waals surface area contributed by atoms with Crippen molar-refractivity contribution in [3.63, 3.8) is 0 Å². The Kier molecular flexibility index (Phi) is 6.08. The second-order valence-electron chi connectivity index (χ2n) is 6.38. The third kappa shape index (κ3) is 4.21. The molecule has 0 saturated heterocycles. The third-order valence-corrected chi connectivity index (χ3v) is 6.89. The van der Waals surface area contributed by atoms with Crippen LogP contribution >= 0.6 is 50.9 Å². The molecule has 4 rings (SSSR count). The predicted octanol–water partition coefficient (Wildman–Crippen LogP) is 8.41. The van der Waals surface area contributed by atoms with E-state index in [1.54, 1.807) is 16.3 Å². The minimum Gasteiger partial charge on any atom is -0.295 e. The molecule has 4 aromatic rings. The Balaban J connectivity index is 1.82. The first-order valence-corrected chi connectivity index (χ1v) is 11.2. The van der Waals surface area contributed by atoms with Crippen molar-refractivity contribution in [2.45, 2.75) is 16.8 Å². The lowest BCUT2D eigenvalue weighted by atomic mass is 10.2. The van der Waals surface area contributed by atoms with Crippen LogP contribution in [0.2, 0.25) is 10.0 Å². The van der Waals surface area contributed by atoms with Gasteiger partial charge in [0.05, 0.1) is 16.1 Å². The van der Waals surface area contributed by atoms with Crippen molar-refractivity contribution in [2.24, 2.45) is 0 Å². The van der Waals surface area contributed by atoms with Gasteiger partial charge in [-0.15, -0.1) is 11.8 Å². The number of nitrogens with zero attached hydrogens (tertiary/aromatic N) is 2. The Morgan fingerprint density at radius 1 is 1.03 bits per heavy atom. The maximum Gasteiger partial charge on any atom is 0.417 e. The van der Waals surface area contributed by atoms with E-state index >= 15 is 0 Å². The summed E-state index contributed by atoms with van der Waals surface area (Å²) in [6.07, 6.45) is -3.71. The summed E-state index contributed by atoms with van der Waals surface area (Å²) in [7, 11) is 0. The van der Waals surface area contributed by atoms with E-state index in [1.807, 2.05) is 48.5 Å². The first-order chi connectivity index (χ1) is 14.3. The SMILES string of the molecule is FC(F)(F)c1cnc(-n2c(CSc3ccc(Cl)cc3)c(Br)c3ccccc32)c(Cl)c1. The number of fused-ring (bicyclic) bond motifs is 1. The van der Waals surface area contributed by atoms with E-state index in [4.69, 9.17) is 23.2 Å². The molecule has 0 aliphatic carbocycles. The molecular formula is C21H12BrCl2F3N2S. The number of rotatable bonds is 4. The van der Waals surface area contributed by atoms with Gasteiger partial charge in [0.15, 0.2) is 5.82 Å². The van der Waals surface area contributed by atoms with Crippen molar-refractivity contribution in [3.05, 3.63) is 86.6 Å². The van der Waals surface area contributed by atoms with Gasteiger partial charge in [-0.3, -0.25) is 4.57 Å². The minimum absolute atomic E-state index is 0.0733. The van der Waals surface area contributed by atoms with E-state index in [9.17, 15) is 13.2 Å². The molecule has 0 atom stereocenters. The maximum absolute atomic E-state index is 13.0. The van der Waals surface area contributed by atoms with Crippen LogP contribution in [-0.2, 0) is 11.9 Å². The summed E-state index contributed by atoms with van der Waals surface area (Å²) in [6.45, 7) is 0. The molecule has 9 heteroatoms. The molecule has 0 radical (unpaired) electrons. The van der Waals surface area contributed by atoms with Crippen molar-refractivity contribution in [2.75, 3.05) is 0 Å². The molecule has 30 heavy (non-hydrogen) atoms. The van der Waals surface area contributed by atoms with Gasteiger partial charge < -0.3 is 0 Å². The second-order valence-corrected chi connectivity index (χ2v) is 9.07. The standard InChI is InChI=1S/C21H12BrCl2F3N2S/c22-19-15-3-1-2-4-17(15)29(18(19)11-30-14-7-5-13(23)6-8-14)20-16(24)9-12(10-28-20)21(25,26)27/h1-10H,11H2. The van der Waals surface area contributed by atoms with Gasteiger partial charge in [0.1, 0.15) is 0 Å². The number of pyridine rings is 1. The smallest absolute Gasteiger partial charge is 0.295 e. The fraction of sp³-hybridized carbons (Fsp3) is 0.0952. The number of hydrogen-bond donors (Lipinski definition) is 0. The number of hydrogen-bond acceptors (Lipinski definition) is 2. The molecule has 2 aromatic carbocycles. The first kappa shape index (κ1) is 21.6. The first-order valence-electron chi connectivity index (χ1n) is 8.65. The van der Waals surface area contributed by atoms with Crippen LogP contribution in [0.5, 0.6) is 0 Å². The van der Waals surface area contributed by atoms with Crippen LogP contribution in [0.3, 0.4) is 0 Å². The van der Waals surface area contributed by atoms with Crippen LogP contribution in [0, 0.1) is 0 Å². The molecule has 0 unspecified atom stereocenters. The van der Waals surface area contributed by atoms with Crippen molar-refractivity contribution in [1.29, 1.82) is 0 Å². The van der Waals surface area contributed by atoms with Gasteiger partial charge >= 0.3 is 6.18 Å². The predicted molar refractivity (Wildman–Crippen MR) is 120 cm³/mol. The minimum atomic E-state index is -4.51. The summed E-state index contributed by atoms with van der Waals surface area (Å²) in [5, 5.41) is 1.49. The van der Waals surface area contributed by atoms with Crippen LogP contribution in [-0.4, -0.2) is 9.55 Å². The number of benzene rings is 2. The summed E-state index contributed by atoms with van der Waals surface area (Å²) in [6, 6.07) is 15.9. The van der Waals surface area contributed by atoms with E-state index in [0.29, 0.717) is 10.8 Å². The molecule has 2 nitrogen and oxygen atoms in total. The van der Waals surface area contributed by atoms with Crippen molar-refractivity contribution in [1.82, 2.24) is 9.55 Å². The molecule has 0 aliphatic heterocycles. The Morgan fingerprint density at radius 3 is 2.40 bits per heavy atom. The van der Waals surface area contributed by atoms with Gasteiger partial charge in [-0.2, -0.15) is 13.2 Å². The number of thioether (sulfide) groups is 1. The molecule has 0 fully saturated rings. The van der Waals surface area contributed by atoms with Crippen LogP contribution in [0.4, 0.5) is 13.2 Å². The van der Waals surface area contributed by atoms with E-state index in [0.717, 1.165) is 38.2 Å². The monoisotopic (exact) mass is 530 g/mol. The Bertz CT molecular complexity index is 1220. The lowest BCUT2D eigenvalue weighted by Crippen LogP contribution is -2.09. The average Bonchev–Trinajstić information content (AvgIpc) is 2.99. The molecule has 0 saturated carbocycles. The number of halogens is 6. The Morgan fingerprint density at radius 2 is 1.73 bits per heavy atom. The summed E-state index contributed by atoms with van der Waals surface area (Å²) in [4.78, 5) is 5.08. The maximum atomic E-state index is 13.0.